The number of hydrogen-bond acceptors (Lipinski definition) is 4. The van der Waals surface area contributed by atoms with Gasteiger partial charge in [-0.15, -0.1) is 0 Å². The average molecular weight is 430 g/mol. The van der Waals surface area contributed by atoms with Crippen LogP contribution in [0, 0.1) is 0 Å². The van der Waals surface area contributed by atoms with E-state index < -0.39 is 6.61 Å². The Balaban J connectivity index is 1.61. The molecule has 2 aromatic carbocycles. The SMILES string of the molecule is CCOc1cc(/C=C/C(=O)Nc2ccc(C(=O)N3CCCC3)cc2)ccc1OC(F)F. The van der Waals surface area contributed by atoms with Crippen molar-refractivity contribution in [2.75, 3.05) is 25.0 Å². The van der Waals surface area contributed by atoms with Gasteiger partial charge in [-0.2, -0.15) is 8.78 Å². The van der Waals surface area contributed by atoms with Crippen LogP contribution in [0.4, 0.5) is 14.5 Å². The molecule has 2 amide bonds. The van der Waals surface area contributed by atoms with Crippen LogP contribution in [0.15, 0.2) is 48.5 Å². The molecule has 6 nitrogen and oxygen atoms in total. The van der Waals surface area contributed by atoms with Crippen molar-refractivity contribution in [2.45, 2.75) is 26.4 Å². The maximum atomic E-state index is 12.5. The van der Waals surface area contributed by atoms with E-state index in [2.05, 4.69) is 10.1 Å². The third-order valence-electron chi connectivity index (χ3n) is 4.70. The number of alkyl halides is 2. The first-order valence-electron chi connectivity index (χ1n) is 10.1. The van der Waals surface area contributed by atoms with Crippen molar-refractivity contribution in [3.8, 4) is 11.5 Å². The number of anilines is 1. The molecule has 0 spiro atoms. The lowest BCUT2D eigenvalue weighted by Crippen LogP contribution is -2.27. The van der Waals surface area contributed by atoms with Crippen molar-refractivity contribution >= 4 is 23.6 Å². The second-order valence-electron chi connectivity index (χ2n) is 6.92. The topological polar surface area (TPSA) is 67.9 Å². The van der Waals surface area contributed by atoms with Gasteiger partial charge in [-0.25, -0.2) is 0 Å². The number of carbonyl (C=O) groups excluding carboxylic acids is 2. The number of nitrogens with zero attached hydrogens (tertiary/aromatic N) is 1. The van der Waals surface area contributed by atoms with Gasteiger partial charge in [-0.05, 0) is 67.8 Å². The Morgan fingerprint density at radius 2 is 1.81 bits per heavy atom. The van der Waals surface area contributed by atoms with Gasteiger partial charge in [-0.3, -0.25) is 9.59 Å². The summed E-state index contributed by atoms with van der Waals surface area (Å²) >= 11 is 0. The van der Waals surface area contributed by atoms with Gasteiger partial charge >= 0.3 is 6.61 Å². The second kappa shape index (κ2) is 10.6. The summed E-state index contributed by atoms with van der Waals surface area (Å²) in [4.78, 5) is 26.4. The van der Waals surface area contributed by atoms with E-state index in [0.717, 1.165) is 25.9 Å². The lowest BCUT2D eigenvalue weighted by Gasteiger charge is -2.15. The van der Waals surface area contributed by atoms with Gasteiger partial charge in [0.1, 0.15) is 0 Å². The Labute approximate surface area is 179 Å². The normalized spacial score (nSPS) is 13.6. The van der Waals surface area contributed by atoms with Crippen molar-refractivity contribution in [3.63, 3.8) is 0 Å². The molecule has 0 aliphatic carbocycles. The number of benzene rings is 2. The molecule has 0 unspecified atom stereocenters. The minimum Gasteiger partial charge on any atom is -0.490 e. The molecule has 31 heavy (non-hydrogen) atoms. The number of carbonyl (C=O) groups is 2. The predicted molar refractivity (Wildman–Crippen MR) is 113 cm³/mol. The first-order valence-corrected chi connectivity index (χ1v) is 10.1. The zero-order valence-corrected chi connectivity index (χ0v) is 17.1. The molecule has 0 aromatic heterocycles. The van der Waals surface area contributed by atoms with E-state index in [4.69, 9.17) is 4.74 Å². The molecule has 1 aliphatic heterocycles. The third-order valence-corrected chi connectivity index (χ3v) is 4.70. The molecule has 0 bridgehead atoms. The maximum Gasteiger partial charge on any atom is 0.387 e. The molecular formula is C23H24F2N2O4. The molecule has 2 aromatic rings. The number of amides is 2. The van der Waals surface area contributed by atoms with E-state index in [1.807, 2.05) is 4.90 Å². The minimum atomic E-state index is -2.96. The van der Waals surface area contributed by atoms with Gasteiger partial charge in [-0.1, -0.05) is 6.07 Å². The lowest BCUT2D eigenvalue weighted by molar-refractivity contribution is -0.111. The zero-order chi connectivity index (χ0) is 22.2. The quantitative estimate of drug-likeness (QED) is 0.623. The summed E-state index contributed by atoms with van der Waals surface area (Å²) in [5, 5.41) is 2.72. The van der Waals surface area contributed by atoms with E-state index in [1.165, 1.54) is 24.3 Å². The van der Waals surface area contributed by atoms with Gasteiger partial charge in [0.25, 0.3) is 5.91 Å². The highest BCUT2D eigenvalue weighted by Crippen LogP contribution is 2.30. The molecule has 1 fully saturated rings. The second-order valence-corrected chi connectivity index (χ2v) is 6.92. The van der Waals surface area contributed by atoms with Crippen molar-refractivity contribution < 1.29 is 27.8 Å². The van der Waals surface area contributed by atoms with E-state index in [9.17, 15) is 18.4 Å². The van der Waals surface area contributed by atoms with Crippen molar-refractivity contribution in [1.29, 1.82) is 0 Å². The van der Waals surface area contributed by atoms with E-state index in [-0.39, 0.29) is 29.9 Å². The highest BCUT2D eigenvalue weighted by Gasteiger charge is 2.19. The number of nitrogens with one attached hydrogen (secondary N) is 1. The van der Waals surface area contributed by atoms with Crippen LogP contribution in [-0.2, 0) is 4.79 Å². The molecule has 0 atom stereocenters. The molecule has 3 rings (SSSR count). The Bertz CT molecular complexity index is 939. The van der Waals surface area contributed by atoms with Crippen LogP contribution in [0.2, 0.25) is 0 Å². The highest BCUT2D eigenvalue weighted by molar-refractivity contribution is 6.02. The van der Waals surface area contributed by atoms with Crippen molar-refractivity contribution in [2.24, 2.45) is 0 Å². The number of ether oxygens (including phenoxy) is 2. The molecule has 0 saturated carbocycles. The van der Waals surface area contributed by atoms with Gasteiger partial charge in [0.05, 0.1) is 6.61 Å². The summed E-state index contributed by atoms with van der Waals surface area (Å²) in [5.41, 5.74) is 1.74. The Morgan fingerprint density at radius 1 is 1.10 bits per heavy atom. The monoisotopic (exact) mass is 430 g/mol. The van der Waals surface area contributed by atoms with Crippen LogP contribution in [0.3, 0.4) is 0 Å². The Hall–Kier alpha value is -3.42. The fourth-order valence-electron chi connectivity index (χ4n) is 3.24. The molecule has 0 radical (unpaired) electrons. The highest BCUT2D eigenvalue weighted by atomic mass is 19.3. The smallest absolute Gasteiger partial charge is 0.387 e. The molecule has 8 heteroatoms. The zero-order valence-electron chi connectivity index (χ0n) is 17.1. The van der Waals surface area contributed by atoms with Crippen LogP contribution in [0.25, 0.3) is 6.08 Å². The van der Waals surface area contributed by atoms with Gasteiger partial charge in [0.2, 0.25) is 5.91 Å². The van der Waals surface area contributed by atoms with Crippen molar-refractivity contribution in [1.82, 2.24) is 4.90 Å². The fourth-order valence-corrected chi connectivity index (χ4v) is 3.24. The molecular weight excluding hydrogens is 406 g/mol. The maximum absolute atomic E-state index is 12.5. The van der Waals surface area contributed by atoms with Crippen LogP contribution in [-0.4, -0.2) is 43.0 Å². The van der Waals surface area contributed by atoms with Gasteiger partial charge in [0.15, 0.2) is 11.5 Å². The van der Waals surface area contributed by atoms with E-state index >= 15 is 0 Å². The largest absolute Gasteiger partial charge is 0.490 e. The summed E-state index contributed by atoms with van der Waals surface area (Å²) in [6.45, 7) is 0.615. The summed E-state index contributed by atoms with van der Waals surface area (Å²) in [7, 11) is 0. The average Bonchev–Trinajstić information content (AvgIpc) is 3.29. The number of halogens is 2. The molecule has 1 N–H and O–H groups in total. The van der Waals surface area contributed by atoms with Crippen LogP contribution in [0.1, 0.15) is 35.7 Å². The Kier molecular flexibility index (Phi) is 7.59. The van der Waals surface area contributed by atoms with Crippen LogP contribution in [0.5, 0.6) is 11.5 Å². The van der Waals surface area contributed by atoms with Crippen LogP contribution < -0.4 is 14.8 Å². The number of hydrogen-bond donors (Lipinski definition) is 1. The Morgan fingerprint density at radius 3 is 2.45 bits per heavy atom. The predicted octanol–water partition coefficient (Wildman–Crippen LogP) is 4.57. The van der Waals surface area contributed by atoms with Gasteiger partial charge in [0, 0.05) is 30.4 Å². The van der Waals surface area contributed by atoms with Gasteiger partial charge < -0.3 is 19.7 Å². The van der Waals surface area contributed by atoms with Crippen LogP contribution >= 0.6 is 0 Å². The standard InChI is InChI=1S/C23H24F2N2O4/c1-2-30-20-15-16(5-11-19(20)31-23(24)25)6-12-21(28)26-18-9-7-17(8-10-18)22(29)27-13-3-4-14-27/h5-12,15,23H,2-4,13-14H2,1H3,(H,26,28)/b12-6+. The fraction of sp³-hybridized carbons (Fsp3) is 0.304. The number of rotatable bonds is 8. The summed E-state index contributed by atoms with van der Waals surface area (Å²) in [6, 6.07) is 11.2. The third kappa shape index (κ3) is 6.28. The lowest BCUT2D eigenvalue weighted by atomic mass is 10.1. The summed E-state index contributed by atoms with van der Waals surface area (Å²) in [5.74, 6) is -0.269. The molecule has 1 saturated heterocycles. The summed E-state index contributed by atoms with van der Waals surface area (Å²) < 4.78 is 34.7. The van der Waals surface area contributed by atoms with Crippen molar-refractivity contribution in [3.05, 3.63) is 59.7 Å². The summed E-state index contributed by atoms with van der Waals surface area (Å²) in [6.07, 6.45) is 4.91. The molecule has 164 valence electrons. The first kappa shape index (κ1) is 22.3. The number of likely N-dealkylation sites (tertiary alicyclic amines) is 1. The first-order chi connectivity index (χ1) is 15.0. The minimum absolute atomic E-state index is 0.000331. The van der Waals surface area contributed by atoms with E-state index in [0.29, 0.717) is 16.8 Å². The molecule has 1 aliphatic rings. The van der Waals surface area contributed by atoms with E-state index in [1.54, 1.807) is 37.3 Å². The molecule has 1 heterocycles.